The maximum Gasteiger partial charge on any atom is 0.354 e. The smallest absolute Gasteiger partial charge is 0.333 e. The highest BCUT2D eigenvalue weighted by Crippen LogP contribution is 2.14. The zero-order valence-corrected chi connectivity index (χ0v) is 10.7. The molecule has 0 amide bonds. The summed E-state index contributed by atoms with van der Waals surface area (Å²) in [6.07, 6.45) is 1.71. The normalized spacial score (nSPS) is 11.8. The molecule has 90 valence electrons. The van der Waals surface area contributed by atoms with Gasteiger partial charge in [-0.2, -0.15) is 9.66 Å². The summed E-state index contributed by atoms with van der Waals surface area (Å²) in [5.41, 5.74) is -1.26. The van der Waals surface area contributed by atoms with Crippen molar-refractivity contribution in [3.63, 3.8) is 0 Å². The SMILES string of the molecule is CSc1nc(=O)n(CC(C)(C)C)c(=O)n1N. The quantitative estimate of drug-likeness (QED) is 0.579. The van der Waals surface area contributed by atoms with Crippen molar-refractivity contribution in [1.29, 1.82) is 0 Å². The molecule has 0 aliphatic heterocycles. The van der Waals surface area contributed by atoms with Gasteiger partial charge in [0.2, 0.25) is 0 Å². The average molecular weight is 244 g/mol. The second-order valence-electron chi connectivity index (χ2n) is 4.68. The van der Waals surface area contributed by atoms with Crippen LogP contribution in [-0.4, -0.2) is 20.5 Å². The van der Waals surface area contributed by atoms with Gasteiger partial charge in [0.05, 0.1) is 0 Å². The van der Waals surface area contributed by atoms with E-state index in [1.54, 1.807) is 6.26 Å². The molecule has 1 aromatic heterocycles. The summed E-state index contributed by atoms with van der Waals surface area (Å²) in [7, 11) is 0. The van der Waals surface area contributed by atoms with Crippen molar-refractivity contribution >= 4 is 11.8 Å². The number of nitrogens with zero attached hydrogens (tertiary/aromatic N) is 3. The molecule has 0 saturated heterocycles. The monoisotopic (exact) mass is 244 g/mol. The molecule has 1 aromatic rings. The van der Waals surface area contributed by atoms with Gasteiger partial charge in [-0.25, -0.2) is 14.2 Å². The van der Waals surface area contributed by atoms with Crippen LogP contribution in [0.25, 0.3) is 0 Å². The first-order valence-electron chi connectivity index (χ1n) is 4.79. The van der Waals surface area contributed by atoms with E-state index in [0.717, 1.165) is 21.0 Å². The van der Waals surface area contributed by atoms with Gasteiger partial charge in [-0.1, -0.05) is 32.5 Å². The van der Waals surface area contributed by atoms with Crippen molar-refractivity contribution < 1.29 is 0 Å². The van der Waals surface area contributed by atoms with Crippen LogP contribution in [0.3, 0.4) is 0 Å². The molecule has 2 N–H and O–H groups in total. The Labute approximate surface area is 97.5 Å². The first kappa shape index (κ1) is 12.8. The first-order chi connectivity index (χ1) is 7.26. The van der Waals surface area contributed by atoms with Gasteiger partial charge in [0.25, 0.3) is 0 Å². The zero-order chi connectivity index (χ0) is 12.5. The van der Waals surface area contributed by atoms with Gasteiger partial charge in [-0.15, -0.1) is 0 Å². The van der Waals surface area contributed by atoms with E-state index in [-0.39, 0.29) is 10.6 Å². The molecule has 0 aliphatic rings. The Hall–Kier alpha value is -1.24. The Balaban J connectivity index is 3.38. The summed E-state index contributed by atoms with van der Waals surface area (Å²) in [4.78, 5) is 27.2. The lowest BCUT2D eigenvalue weighted by molar-refractivity contribution is 0.320. The molecule has 0 bridgehead atoms. The number of aromatic nitrogens is 3. The van der Waals surface area contributed by atoms with Gasteiger partial charge in [0.15, 0.2) is 5.16 Å². The van der Waals surface area contributed by atoms with E-state index >= 15 is 0 Å². The number of nitrogen functional groups attached to an aromatic ring is 1. The van der Waals surface area contributed by atoms with Gasteiger partial charge < -0.3 is 5.84 Å². The largest absolute Gasteiger partial charge is 0.354 e. The molecule has 0 fully saturated rings. The molecule has 0 radical (unpaired) electrons. The van der Waals surface area contributed by atoms with E-state index in [2.05, 4.69) is 4.98 Å². The van der Waals surface area contributed by atoms with Crippen molar-refractivity contribution in [2.45, 2.75) is 32.5 Å². The molecule has 1 rings (SSSR count). The number of nitrogens with two attached hydrogens (primary N) is 1. The predicted molar refractivity (Wildman–Crippen MR) is 64.1 cm³/mol. The maximum absolute atomic E-state index is 11.8. The number of hydrogen-bond acceptors (Lipinski definition) is 5. The molecule has 0 aromatic carbocycles. The van der Waals surface area contributed by atoms with Gasteiger partial charge in [-0.05, 0) is 11.7 Å². The third-order valence-corrected chi connectivity index (χ3v) is 2.53. The molecular formula is C9H16N4O2S. The topological polar surface area (TPSA) is 82.9 Å². The highest BCUT2D eigenvalue weighted by atomic mass is 32.2. The van der Waals surface area contributed by atoms with Crippen molar-refractivity contribution in [3.05, 3.63) is 21.0 Å². The van der Waals surface area contributed by atoms with Crippen molar-refractivity contribution in [2.24, 2.45) is 5.41 Å². The fourth-order valence-corrected chi connectivity index (χ4v) is 1.69. The van der Waals surface area contributed by atoms with Crippen LogP contribution in [0.15, 0.2) is 14.7 Å². The minimum Gasteiger partial charge on any atom is -0.333 e. The third-order valence-electron chi connectivity index (χ3n) is 1.88. The van der Waals surface area contributed by atoms with Crippen LogP contribution >= 0.6 is 11.8 Å². The molecule has 7 heteroatoms. The second kappa shape index (κ2) is 4.32. The van der Waals surface area contributed by atoms with E-state index in [4.69, 9.17) is 5.84 Å². The second-order valence-corrected chi connectivity index (χ2v) is 5.45. The van der Waals surface area contributed by atoms with Crippen molar-refractivity contribution in [2.75, 3.05) is 12.1 Å². The average Bonchev–Trinajstić information content (AvgIpc) is 2.17. The summed E-state index contributed by atoms with van der Waals surface area (Å²) >= 11 is 1.16. The van der Waals surface area contributed by atoms with E-state index in [1.807, 2.05) is 20.8 Å². The Morgan fingerprint density at radius 3 is 2.38 bits per heavy atom. The van der Waals surface area contributed by atoms with E-state index in [9.17, 15) is 9.59 Å². The Morgan fingerprint density at radius 2 is 1.94 bits per heavy atom. The van der Waals surface area contributed by atoms with E-state index in [0.29, 0.717) is 6.54 Å². The Kier molecular flexibility index (Phi) is 3.47. The summed E-state index contributed by atoms with van der Waals surface area (Å²) in [5.74, 6) is 5.54. The number of thioether (sulfide) groups is 1. The van der Waals surface area contributed by atoms with Crippen LogP contribution < -0.4 is 17.2 Å². The first-order valence-corrected chi connectivity index (χ1v) is 6.01. The molecule has 6 nitrogen and oxygen atoms in total. The maximum atomic E-state index is 11.8. The van der Waals surface area contributed by atoms with Crippen molar-refractivity contribution in [1.82, 2.24) is 14.2 Å². The van der Waals surface area contributed by atoms with Gasteiger partial charge in [0.1, 0.15) is 0 Å². The standard InChI is InChI=1S/C9H16N4O2S/c1-9(2,3)5-12-6(14)11-7(16-4)13(10)8(12)15/h5,10H2,1-4H3. The minimum absolute atomic E-state index is 0.182. The molecular weight excluding hydrogens is 228 g/mol. The lowest BCUT2D eigenvalue weighted by Crippen LogP contribution is -2.47. The van der Waals surface area contributed by atoms with Crippen LogP contribution in [0.2, 0.25) is 0 Å². The van der Waals surface area contributed by atoms with Crippen LogP contribution in [0, 0.1) is 5.41 Å². The number of hydrogen-bond donors (Lipinski definition) is 1. The zero-order valence-electron chi connectivity index (χ0n) is 9.85. The van der Waals surface area contributed by atoms with E-state index in [1.165, 1.54) is 0 Å². The highest BCUT2D eigenvalue weighted by molar-refractivity contribution is 7.98. The Morgan fingerprint density at radius 1 is 1.38 bits per heavy atom. The highest BCUT2D eigenvalue weighted by Gasteiger charge is 2.17. The molecule has 0 atom stereocenters. The summed E-state index contributed by atoms with van der Waals surface area (Å²) < 4.78 is 1.96. The lowest BCUT2D eigenvalue weighted by atomic mass is 9.97. The fraction of sp³-hybridized carbons (Fsp3) is 0.667. The molecule has 0 aliphatic carbocycles. The molecule has 0 spiro atoms. The summed E-state index contributed by atoms with van der Waals surface area (Å²) in [6, 6.07) is 0. The lowest BCUT2D eigenvalue weighted by Gasteiger charge is -2.19. The summed E-state index contributed by atoms with van der Waals surface area (Å²) in [6.45, 7) is 6.09. The predicted octanol–water partition coefficient (Wildman–Crippen LogP) is -0.113. The van der Waals surface area contributed by atoms with Crippen LogP contribution in [0.1, 0.15) is 20.8 Å². The van der Waals surface area contributed by atoms with Gasteiger partial charge in [-0.3, -0.25) is 0 Å². The van der Waals surface area contributed by atoms with Gasteiger partial charge >= 0.3 is 11.4 Å². The minimum atomic E-state index is -0.550. The van der Waals surface area contributed by atoms with Crippen LogP contribution in [0.5, 0.6) is 0 Å². The number of rotatable bonds is 2. The van der Waals surface area contributed by atoms with Gasteiger partial charge in [0, 0.05) is 6.54 Å². The van der Waals surface area contributed by atoms with Crippen molar-refractivity contribution in [3.8, 4) is 0 Å². The molecule has 0 saturated carbocycles. The molecule has 1 heterocycles. The summed E-state index contributed by atoms with van der Waals surface area (Å²) in [5, 5.41) is 0.222. The Bertz CT molecular complexity index is 498. The fourth-order valence-electron chi connectivity index (χ4n) is 1.24. The molecule has 16 heavy (non-hydrogen) atoms. The third kappa shape index (κ3) is 2.66. The van der Waals surface area contributed by atoms with Crippen LogP contribution in [0.4, 0.5) is 0 Å². The van der Waals surface area contributed by atoms with E-state index < -0.39 is 11.4 Å². The molecule has 0 unspecified atom stereocenters. The van der Waals surface area contributed by atoms with Crippen LogP contribution in [-0.2, 0) is 6.54 Å².